The van der Waals surface area contributed by atoms with Gasteiger partial charge in [-0.3, -0.25) is 4.98 Å². The zero-order valence-corrected chi connectivity index (χ0v) is 12.9. The highest BCUT2D eigenvalue weighted by atomic mass is 19.1. The van der Waals surface area contributed by atoms with Crippen molar-refractivity contribution in [3.8, 4) is 11.1 Å². The number of aryl methyl sites for hydroxylation is 1. The van der Waals surface area contributed by atoms with Gasteiger partial charge in [0, 0.05) is 47.5 Å². The van der Waals surface area contributed by atoms with E-state index in [9.17, 15) is 4.39 Å². The number of anilines is 1. The molecule has 0 atom stereocenters. The number of aromatic nitrogens is 1. The third-order valence-corrected chi connectivity index (χ3v) is 4.40. The summed E-state index contributed by atoms with van der Waals surface area (Å²) >= 11 is 0. The molecule has 0 saturated carbocycles. The van der Waals surface area contributed by atoms with Crippen molar-refractivity contribution in [3.05, 3.63) is 60.2 Å². The lowest BCUT2D eigenvalue weighted by Gasteiger charge is -2.29. The van der Waals surface area contributed by atoms with Gasteiger partial charge in [-0.05, 0) is 42.3 Å². The van der Waals surface area contributed by atoms with E-state index in [1.54, 1.807) is 12.3 Å². The van der Waals surface area contributed by atoms with Crippen LogP contribution in [-0.2, 0) is 0 Å². The molecule has 0 unspecified atom stereocenters. The standard InChI is InChI=1S/C19H18FN3/c1-12-3-2-4-17(20)19(12)13-7-14-9-21-6-5-16(14)18(8-13)23-15-10-22-11-15/h2-9,15,22-23H,10-11H2,1H3. The number of rotatable bonds is 3. The summed E-state index contributed by atoms with van der Waals surface area (Å²) in [5, 5.41) is 8.95. The van der Waals surface area contributed by atoms with Gasteiger partial charge in [0.05, 0.1) is 6.04 Å². The lowest BCUT2D eigenvalue weighted by Crippen LogP contribution is -2.51. The molecule has 2 aromatic carbocycles. The number of hydrogen-bond donors (Lipinski definition) is 2. The Balaban J connectivity index is 1.90. The molecule has 1 aromatic heterocycles. The maximum atomic E-state index is 14.4. The van der Waals surface area contributed by atoms with Crippen molar-refractivity contribution in [1.82, 2.24) is 10.3 Å². The Bertz CT molecular complexity index is 851. The van der Waals surface area contributed by atoms with Crippen LogP contribution in [0.2, 0.25) is 0 Å². The highest BCUT2D eigenvalue weighted by molar-refractivity contribution is 5.97. The first kappa shape index (κ1) is 14.2. The lowest BCUT2D eigenvalue weighted by molar-refractivity contribution is 0.472. The van der Waals surface area contributed by atoms with E-state index in [1.807, 2.05) is 37.4 Å². The van der Waals surface area contributed by atoms with Crippen molar-refractivity contribution >= 4 is 16.5 Å². The van der Waals surface area contributed by atoms with Crippen LogP contribution < -0.4 is 10.6 Å². The van der Waals surface area contributed by atoms with Crippen LogP contribution in [0.15, 0.2) is 48.8 Å². The van der Waals surface area contributed by atoms with Crippen LogP contribution in [0.3, 0.4) is 0 Å². The number of benzene rings is 2. The Morgan fingerprint density at radius 2 is 2.09 bits per heavy atom. The molecule has 4 heteroatoms. The molecule has 2 N–H and O–H groups in total. The molecule has 0 aliphatic carbocycles. The van der Waals surface area contributed by atoms with Gasteiger partial charge in [-0.1, -0.05) is 12.1 Å². The van der Waals surface area contributed by atoms with E-state index in [-0.39, 0.29) is 5.82 Å². The molecule has 2 heterocycles. The molecule has 3 nitrogen and oxygen atoms in total. The molecule has 1 saturated heterocycles. The number of nitrogens with zero attached hydrogens (tertiary/aromatic N) is 1. The van der Waals surface area contributed by atoms with Gasteiger partial charge in [0.2, 0.25) is 0 Å². The van der Waals surface area contributed by atoms with E-state index in [0.717, 1.165) is 40.7 Å². The highest BCUT2D eigenvalue weighted by Crippen LogP contribution is 2.34. The van der Waals surface area contributed by atoms with Crippen LogP contribution in [-0.4, -0.2) is 24.1 Å². The molecule has 0 bridgehead atoms. The van der Waals surface area contributed by atoms with Crippen LogP contribution in [0, 0.1) is 12.7 Å². The van der Waals surface area contributed by atoms with Gasteiger partial charge in [-0.2, -0.15) is 0 Å². The third kappa shape index (κ3) is 2.55. The second-order valence-electron chi connectivity index (χ2n) is 6.05. The first-order valence-electron chi connectivity index (χ1n) is 7.83. The van der Waals surface area contributed by atoms with E-state index >= 15 is 0 Å². The number of pyridine rings is 1. The number of halogens is 1. The van der Waals surface area contributed by atoms with Gasteiger partial charge >= 0.3 is 0 Å². The van der Waals surface area contributed by atoms with Crippen molar-refractivity contribution in [3.63, 3.8) is 0 Å². The average molecular weight is 307 g/mol. The monoisotopic (exact) mass is 307 g/mol. The molecule has 3 aromatic rings. The summed E-state index contributed by atoms with van der Waals surface area (Å²) in [5.41, 5.74) is 3.52. The molecular formula is C19H18FN3. The molecule has 0 radical (unpaired) electrons. The number of nitrogens with one attached hydrogen (secondary N) is 2. The van der Waals surface area contributed by atoms with Crippen molar-refractivity contribution in [1.29, 1.82) is 0 Å². The Morgan fingerprint density at radius 3 is 2.83 bits per heavy atom. The van der Waals surface area contributed by atoms with Crippen LogP contribution in [0.4, 0.5) is 10.1 Å². The molecule has 1 aliphatic heterocycles. The van der Waals surface area contributed by atoms with E-state index in [4.69, 9.17) is 0 Å². The summed E-state index contributed by atoms with van der Waals surface area (Å²) < 4.78 is 14.4. The Morgan fingerprint density at radius 1 is 1.22 bits per heavy atom. The van der Waals surface area contributed by atoms with Gasteiger partial charge < -0.3 is 10.6 Å². The van der Waals surface area contributed by atoms with Crippen molar-refractivity contribution in [2.75, 3.05) is 18.4 Å². The van der Waals surface area contributed by atoms with Crippen molar-refractivity contribution < 1.29 is 4.39 Å². The van der Waals surface area contributed by atoms with E-state index in [2.05, 4.69) is 15.6 Å². The minimum absolute atomic E-state index is 0.190. The zero-order valence-electron chi connectivity index (χ0n) is 12.9. The summed E-state index contributed by atoms with van der Waals surface area (Å²) in [4.78, 5) is 4.21. The fraction of sp³-hybridized carbons (Fsp3) is 0.211. The zero-order chi connectivity index (χ0) is 15.8. The largest absolute Gasteiger partial charge is 0.379 e. The molecule has 23 heavy (non-hydrogen) atoms. The first-order valence-corrected chi connectivity index (χ1v) is 7.83. The third-order valence-electron chi connectivity index (χ3n) is 4.40. The van der Waals surface area contributed by atoms with Crippen LogP contribution in [0.5, 0.6) is 0 Å². The van der Waals surface area contributed by atoms with Gasteiger partial charge in [-0.25, -0.2) is 4.39 Å². The Kier molecular flexibility index (Phi) is 3.46. The van der Waals surface area contributed by atoms with Gasteiger partial charge in [0.1, 0.15) is 5.82 Å². The molecule has 1 fully saturated rings. The molecular weight excluding hydrogens is 289 g/mol. The summed E-state index contributed by atoms with van der Waals surface area (Å²) in [5.74, 6) is -0.190. The topological polar surface area (TPSA) is 37.0 Å². The minimum atomic E-state index is -0.190. The molecule has 116 valence electrons. The van der Waals surface area contributed by atoms with Crippen LogP contribution in [0.25, 0.3) is 21.9 Å². The molecule has 0 amide bonds. The predicted octanol–water partition coefficient (Wildman–Crippen LogP) is 3.73. The predicted molar refractivity (Wildman–Crippen MR) is 92.2 cm³/mol. The minimum Gasteiger partial charge on any atom is -0.379 e. The second-order valence-corrected chi connectivity index (χ2v) is 6.05. The SMILES string of the molecule is Cc1cccc(F)c1-c1cc(NC2CNC2)c2ccncc2c1. The molecule has 1 aliphatic rings. The van der Waals surface area contributed by atoms with Crippen LogP contribution in [0.1, 0.15) is 5.56 Å². The van der Waals surface area contributed by atoms with Crippen molar-refractivity contribution in [2.45, 2.75) is 13.0 Å². The second kappa shape index (κ2) is 5.63. The fourth-order valence-corrected chi connectivity index (χ4v) is 3.08. The molecule has 4 rings (SSSR count). The smallest absolute Gasteiger partial charge is 0.131 e. The average Bonchev–Trinajstić information content (AvgIpc) is 2.50. The quantitative estimate of drug-likeness (QED) is 0.774. The Hall–Kier alpha value is -2.46. The van der Waals surface area contributed by atoms with Gasteiger partial charge in [0.15, 0.2) is 0 Å². The summed E-state index contributed by atoms with van der Waals surface area (Å²) in [6.45, 7) is 3.85. The lowest BCUT2D eigenvalue weighted by atomic mass is 9.96. The van der Waals surface area contributed by atoms with E-state index in [0.29, 0.717) is 11.6 Å². The maximum absolute atomic E-state index is 14.4. The number of fused-ring (bicyclic) bond motifs is 1. The van der Waals surface area contributed by atoms with E-state index in [1.165, 1.54) is 6.07 Å². The van der Waals surface area contributed by atoms with E-state index < -0.39 is 0 Å². The molecule has 0 spiro atoms. The normalized spacial score (nSPS) is 14.7. The fourth-order valence-electron chi connectivity index (χ4n) is 3.08. The van der Waals surface area contributed by atoms with Crippen molar-refractivity contribution in [2.24, 2.45) is 0 Å². The number of hydrogen-bond acceptors (Lipinski definition) is 3. The highest BCUT2D eigenvalue weighted by Gasteiger charge is 2.18. The summed E-state index contributed by atoms with van der Waals surface area (Å²) in [7, 11) is 0. The Labute approximate surface area is 134 Å². The maximum Gasteiger partial charge on any atom is 0.131 e. The summed E-state index contributed by atoms with van der Waals surface area (Å²) in [6, 6.07) is 11.7. The first-order chi connectivity index (χ1) is 11.2. The van der Waals surface area contributed by atoms with Gasteiger partial charge in [0.25, 0.3) is 0 Å². The van der Waals surface area contributed by atoms with Crippen LogP contribution >= 0.6 is 0 Å². The van der Waals surface area contributed by atoms with Gasteiger partial charge in [-0.15, -0.1) is 0 Å². The summed E-state index contributed by atoms with van der Waals surface area (Å²) in [6.07, 6.45) is 3.62.